The Morgan fingerprint density at radius 1 is 1.64 bits per heavy atom. The van der Waals surface area contributed by atoms with Crippen LogP contribution in [0.5, 0.6) is 0 Å². The minimum absolute atomic E-state index is 0.125. The SMILES string of the molecule is CC1(C)CC1(N)c1cn[nH]c1. The summed E-state index contributed by atoms with van der Waals surface area (Å²) in [5, 5.41) is 6.67. The van der Waals surface area contributed by atoms with E-state index in [1.807, 2.05) is 12.4 Å². The van der Waals surface area contributed by atoms with E-state index in [0.29, 0.717) is 0 Å². The topological polar surface area (TPSA) is 54.7 Å². The lowest BCUT2D eigenvalue weighted by Crippen LogP contribution is -2.24. The van der Waals surface area contributed by atoms with Crippen molar-refractivity contribution in [3.63, 3.8) is 0 Å². The number of nitrogens with two attached hydrogens (primary N) is 1. The third-order valence-electron chi connectivity index (χ3n) is 2.82. The van der Waals surface area contributed by atoms with Crippen LogP contribution >= 0.6 is 0 Å². The maximum Gasteiger partial charge on any atom is 0.0538 e. The van der Waals surface area contributed by atoms with Gasteiger partial charge in [-0.15, -0.1) is 0 Å². The van der Waals surface area contributed by atoms with Crippen molar-refractivity contribution in [2.45, 2.75) is 25.8 Å². The second-order valence-electron chi connectivity index (χ2n) is 4.02. The molecule has 1 fully saturated rings. The zero-order valence-electron chi connectivity index (χ0n) is 6.89. The van der Waals surface area contributed by atoms with Crippen molar-refractivity contribution in [1.29, 1.82) is 0 Å². The molecule has 1 aromatic heterocycles. The number of hydrogen-bond acceptors (Lipinski definition) is 2. The molecule has 3 nitrogen and oxygen atoms in total. The van der Waals surface area contributed by atoms with Gasteiger partial charge in [0.05, 0.1) is 6.20 Å². The van der Waals surface area contributed by atoms with Crippen LogP contribution in [0.4, 0.5) is 0 Å². The van der Waals surface area contributed by atoms with E-state index < -0.39 is 0 Å². The van der Waals surface area contributed by atoms with Gasteiger partial charge in [0.2, 0.25) is 0 Å². The van der Waals surface area contributed by atoms with Gasteiger partial charge in [-0.1, -0.05) is 13.8 Å². The molecule has 1 aliphatic rings. The molecule has 0 radical (unpaired) electrons. The van der Waals surface area contributed by atoms with Crippen LogP contribution in [-0.4, -0.2) is 10.2 Å². The minimum atomic E-state index is -0.125. The summed E-state index contributed by atoms with van der Waals surface area (Å²) in [6.45, 7) is 4.36. The van der Waals surface area contributed by atoms with Crippen molar-refractivity contribution in [1.82, 2.24) is 10.2 Å². The highest BCUT2D eigenvalue weighted by atomic mass is 15.1. The molecule has 3 heteroatoms. The smallest absolute Gasteiger partial charge is 0.0538 e. The summed E-state index contributed by atoms with van der Waals surface area (Å²) in [4.78, 5) is 0. The van der Waals surface area contributed by atoms with Crippen LogP contribution < -0.4 is 5.73 Å². The van der Waals surface area contributed by atoms with Crippen LogP contribution in [0.3, 0.4) is 0 Å². The number of H-pyrrole nitrogens is 1. The molecule has 0 amide bonds. The van der Waals surface area contributed by atoms with Crippen LogP contribution in [0.15, 0.2) is 12.4 Å². The van der Waals surface area contributed by atoms with Gasteiger partial charge in [-0.2, -0.15) is 5.10 Å². The van der Waals surface area contributed by atoms with Gasteiger partial charge in [0.15, 0.2) is 0 Å². The van der Waals surface area contributed by atoms with Gasteiger partial charge < -0.3 is 5.73 Å². The standard InChI is InChI=1S/C8H13N3/c1-7(2)5-8(7,9)6-3-10-11-4-6/h3-4H,5,9H2,1-2H3,(H,10,11). The fourth-order valence-corrected chi connectivity index (χ4v) is 1.64. The van der Waals surface area contributed by atoms with Gasteiger partial charge in [-0.3, -0.25) is 5.10 Å². The van der Waals surface area contributed by atoms with E-state index in [4.69, 9.17) is 5.73 Å². The average molecular weight is 151 g/mol. The molecular weight excluding hydrogens is 138 g/mol. The first-order chi connectivity index (χ1) is 5.06. The Kier molecular flexibility index (Phi) is 1.04. The molecule has 0 aliphatic heterocycles. The molecule has 1 atom stereocenters. The van der Waals surface area contributed by atoms with Crippen LogP contribution in [0.1, 0.15) is 25.8 Å². The first-order valence-corrected chi connectivity index (χ1v) is 3.84. The zero-order valence-corrected chi connectivity index (χ0v) is 6.89. The molecule has 60 valence electrons. The van der Waals surface area contributed by atoms with Gasteiger partial charge in [0, 0.05) is 17.3 Å². The summed E-state index contributed by atoms with van der Waals surface area (Å²) in [6, 6.07) is 0. The lowest BCUT2D eigenvalue weighted by atomic mass is 10.0. The third kappa shape index (κ3) is 0.744. The number of nitrogens with zero attached hydrogens (tertiary/aromatic N) is 1. The molecule has 0 spiro atoms. The van der Waals surface area contributed by atoms with Crippen molar-refractivity contribution in [2.75, 3.05) is 0 Å². The van der Waals surface area contributed by atoms with E-state index in [1.54, 1.807) is 0 Å². The summed E-state index contributed by atoms with van der Waals surface area (Å²) in [6.07, 6.45) is 4.75. The van der Waals surface area contributed by atoms with Gasteiger partial charge in [-0.05, 0) is 11.8 Å². The third-order valence-corrected chi connectivity index (χ3v) is 2.82. The highest BCUT2D eigenvalue weighted by molar-refractivity contribution is 5.31. The first kappa shape index (κ1) is 6.85. The largest absolute Gasteiger partial charge is 0.321 e. The van der Waals surface area contributed by atoms with Crippen molar-refractivity contribution in [3.8, 4) is 0 Å². The van der Waals surface area contributed by atoms with Crippen molar-refractivity contribution in [2.24, 2.45) is 11.1 Å². The van der Waals surface area contributed by atoms with Crippen molar-refractivity contribution in [3.05, 3.63) is 18.0 Å². The Hall–Kier alpha value is -0.830. The molecule has 0 bridgehead atoms. The van der Waals surface area contributed by atoms with Gasteiger partial charge in [0.25, 0.3) is 0 Å². The van der Waals surface area contributed by atoms with Gasteiger partial charge >= 0.3 is 0 Å². The van der Waals surface area contributed by atoms with E-state index in [1.165, 1.54) is 0 Å². The summed E-state index contributed by atoms with van der Waals surface area (Å²) >= 11 is 0. The van der Waals surface area contributed by atoms with Crippen LogP contribution in [-0.2, 0) is 5.54 Å². The van der Waals surface area contributed by atoms with Crippen LogP contribution in [0.2, 0.25) is 0 Å². The van der Waals surface area contributed by atoms with E-state index in [9.17, 15) is 0 Å². The number of aromatic nitrogens is 2. The van der Waals surface area contributed by atoms with E-state index in [-0.39, 0.29) is 11.0 Å². The molecule has 2 rings (SSSR count). The van der Waals surface area contributed by atoms with Gasteiger partial charge in [-0.25, -0.2) is 0 Å². The lowest BCUT2D eigenvalue weighted by Gasteiger charge is -2.11. The second-order valence-corrected chi connectivity index (χ2v) is 4.02. The number of rotatable bonds is 1. The molecule has 1 saturated carbocycles. The average Bonchev–Trinajstić information content (AvgIpc) is 2.36. The molecule has 0 aromatic carbocycles. The monoisotopic (exact) mass is 151 g/mol. The zero-order chi connectivity index (χ0) is 8.11. The predicted molar refractivity (Wildman–Crippen MR) is 42.9 cm³/mol. The molecular formula is C8H13N3. The van der Waals surface area contributed by atoms with Crippen LogP contribution in [0.25, 0.3) is 0 Å². The number of hydrogen-bond donors (Lipinski definition) is 2. The predicted octanol–water partition coefficient (Wildman–Crippen LogP) is 0.994. The molecule has 1 aromatic rings. The van der Waals surface area contributed by atoms with Crippen molar-refractivity contribution >= 4 is 0 Å². The molecule has 0 saturated heterocycles. The Morgan fingerprint density at radius 3 is 2.64 bits per heavy atom. The van der Waals surface area contributed by atoms with Gasteiger partial charge in [0.1, 0.15) is 0 Å². The Bertz CT molecular complexity index is 263. The first-order valence-electron chi connectivity index (χ1n) is 3.84. The summed E-state index contributed by atoms with van der Waals surface area (Å²) in [7, 11) is 0. The van der Waals surface area contributed by atoms with E-state index in [2.05, 4.69) is 24.0 Å². The summed E-state index contributed by atoms with van der Waals surface area (Å²) in [5.74, 6) is 0. The quantitative estimate of drug-likeness (QED) is 0.629. The van der Waals surface area contributed by atoms with Crippen molar-refractivity contribution < 1.29 is 0 Å². The minimum Gasteiger partial charge on any atom is -0.321 e. The highest BCUT2D eigenvalue weighted by Gasteiger charge is 2.59. The summed E-state index contributed by atoms with van der Waals surface area (Å²) in [5.41, 5.74) is 7.38. The number of aromatic amines is 1. The van der Waals surface area contributed by atoms with Crippen LogP contribution in [0, 0.1) is 5.41 Å². The fraction of sp³-hybridized carbons (Fsp3) is 0.625. The Balaban J connectivity index is 2.33. The normalized spacial score (nSPS) is 33.7. The lowest BCUT2D eigenvalue weighted by molar-refractivity contribution is 0.510. The maximum absolute atomic E-state index is 6.13. The Morgan fingerprint density at radius 2 is 2.27 bits per heavy atom. The molecule has 3 N–H and O–H groups in total. The highest BCUT2D eigenvalue weighted by Crippen LogP contribution is 2.59. The number of nitrogens with one attached hydrogen (secondary N) is 1. The second kappa shape index (κ2) is 1.67. The molecule has 1 unspecified atom stereocenters. The van der Waals surface area contributed by atoms with E-state index in [0.717, 1.165) is 12.0 Å². The maximum atomic E-state index is 6.13. The molecule has 11 heavy (non-hydrogen) atoms. The summed E-state index contributed by atoms with van der Waals surface area (Å²) < 4.78 is 0. The van der Waals surface area contributed by atoms with E-state index >= 15 is 0 Å². The molecule has 1 aliphatic carbocycles. The fourth-order valence-electron chi connectivity index (χ4n) is 1.64. The molecule has 1 heterocycles. The Labute approximate surface area is 66.0 Å².